The van der Waals surface area contributed by atoms with Crippen molar-refractivity contribution >= 4 is 27.7 Å². The van der Waals surface area contributed by atoms with Gasteiger partial charge in [0, 0.05) is 26.1 Å². The Morgan fingerprint density at radius 3 is 2.56 bits per heavy atom. The van der Waals surface area contributed by atoms with Gasteiger partial charge in [-0.25, -0.2) is 0 Å². The van der Waals surface area contributed by atoms with Gasteiger partial charge in [-0.2, -0.15) is 0 Å². The first-order valence-electron chi connectivity index (χ1n) is 5.88. The van der Waals surface area contributed by atoms with E-state index in [4.69, 9.17) is 4.42 Å². The quantitative estimate of drug-likeness (QED) is 0.902. The Morgan fingerprint density at radius 2 is 2.06 bits per heavy atom. The second-order valence-corrected chi connectivity index (χ2v) is 5.07. The van der Waals surface area contributed by atoms with Crippen molar-refractivity contribution in [1.82, 2.24) is 10.2 Å². The Kier molecular flexibility index (Phi) is 4.06. The number of nitrogens with one attached hydrogen (secondary N) is 1. The van der Waals surface area contributed by atoms with Crippen molar-refractivity contribution in [3.8, 4) is 0 Å². The molecule has 1 saturated heterocycles. The number of rotatable bonds is 2. The fourth-order valence-corrected chi connectivity index (χ4v) is 2.44. The Labute approximate surface area is 114 Å². The van der Waals surface area contributed by atoms with Crippen LogP contribution >= 0.6 is 15.9 Å². The van der Waals surface area contributed by atoms with Gasteiger partial charge in [0.15, 0.2) is 10.4 Å². The fraction of sp³-hybridized carbons (Fsp3) is 0.500. The molecule has 0 aromatic carbocycles. The SMILES string of the molecule is CNC(=O)C1CCN(C(=O)c2ccc(Br)o2)CC1. The third-order valence-corrected chi connectivity index (χ3v) is 3.61. The minimum absolute atomic E-state index is 0.0161. The first-order valence-corrected chi connectivity index (χ1v) is 6.67. The monoisotopic (exact) mass is 314 g/mol. The van der Waals surface area contributed by atoms with Gasteiger partial charge >= 0.3 is 0 Å². The Morgan fingerprint density at radius 1 is 1.39 bits per heavy atom. The highest BCUT2D eigenvalue weighted by atomic mass is 79.9. The third kappa shape index (κ3) is 2.75. The van der Waals surface area contributed by atoms with E-state index in [2.05, 4.69) is 21.2 Å². The van der Waals surface area contributed by atoms with Crippen LogP contribution in [0.1, 0.15) is 23.4 Å². The van der Waals surface area contributed by atoms with Crippen molar-refractivity contribution in [2.75, 3.05) is 20.1 Å². The van der Waals surface area contributed by atoms with Crippen LogP contribution in [0, 0.1) is 5.92 Å². The molecule has 0 radical (unpaired) electrons. The number of amides is 2. The highest BCUT2D eigenvalue weighted by Gasteiger charge is 2.28. The smallest absolute Gasteiger partial charge is 0.289 e. The lowest BCUT2D eigenvalue weighted by Gasteiger charge is -2.30. The van der Waals surface area contributed by atoms with Crippen molar-refractivity contribution in [1.29, 1.82) is 0 Å². The van der Waals surface area contributed by atoms with Gasteiger partial charge in [0.2, 0.25) is 5.91 Å². The number of carbonyl (C=O) groups is 2. The van der Waals surface area contributed by atoms with Crippen molar-refractivity contribution in [3.05, 3.63) is 22.6 Å². The lowest BCUT2D eigenvalue weighted by atomic mass is 9.96. The first-order chi connectivity index (χ1) is 8.61. The molecule has 1 N–H and O–H groups in total. The van der Waals surface area contributed by atoms with Gasteiger partial charge in [-0.05, 0) is 40.9 Å². The molecule has 2 heterocycles. The second-order valence-electron chi connectivity index (χ2n) is 4.28. The number of likely N-dealkylation sites (tertiary alicyclic amines) is 1. The van der Waals surface area contributed by atoms with Gasteiger partial charge in [-0.15, -0.1) is 0 Å². The van der Waals surface area contributed by atoms with E-state index in [0.29, 0.717) is 36.4 Å². The fourth-order valence-electron chi connectivity index (χ4n) is 2.13. The van der Waals surface area contributed by atoms with Crippen molar-refractivity contribution in [3.63, 3.8) is 0 Å². The summed E-state index contributed by atoms with van der Waals surface area (Å²) in [5.41, 5.74) is 0. The maximum atomic E-state index is 12.1. The molecule has 2 rings (SSSR count). The van der Waals surface area contributed by atoms with Crippen LogP contribution in [-0.2, 0) is 4.79 Å². The molecule has 1 aromatic heterocycles. The number of carbonyl (C=O) groups excluding carboxylic acids is 2. The molecule has 0 saturated carbocycles. The molecule has 6 heteroatoms. The number of hydrogen-bond donors (Lipinski definition) is 1. The summed E-state index contributed by atoms with van der Waals surface area (Å²) in [6.07, 6.45) is 1.40. The van der Waals surface area contributed by atoms with Gasteiger partial charge in [-0.3, -0.25) is 9.59 Å². The standard InChI is InChI=1S/C12H15BrN2O3/c1-14-11(16)8-4-6-15(7-5-8)12(17)9-2-3-10(13)18-9/h2-3,8H,4-7H2,1H3,(H,14,16). The number of halogens is 1. The summed E-state index contributed by atoms with van der Waals surface area (Å²) < 4.78 is 5.79. The van der Waals surface area contributed by atoms with Crippen molar-refractivity contribution in [2.24, 2.45) is 5.92 Å². The predicted octanol–water partition coefficient (Wildman–Crippen LogP) is 1.64. The first kappa shape index (κ1) is 13.1. The summed E-state index contributed by atoms with van der Waals surface area (Å²) in [4.78, 5) is 25.3. The predicted molar refractivity (Wildman–Crippen MR) is 69.1 cm³/mol. The van der Waals surface area contributed by atoms with Crippen LogP contribution in [0.25, 0.3) is 0 Å². The van der Waals surface area contributed by atoms with Gasteiger partial charge in [0.05, 0.1) is 0 Å². The van der Waals surface area contributed by atoms with E-state index in [-0.39, 0.29) is 17.7 Å². The zero-order valence-corrected chi connectivity index (χ0v) is 11.7. The normalized spacial score (nSPS) is 16.7. The molecule has 0 bridgehead atoms. The molecule has 0 unspecified atom stereocenters. The molecule has 1 aliphatic heterocycles. The lowest BCUT2D eigenvalue weighted by molar-refractivity contribution is -0.125. The summed E-state index contributed by atoms with van der Waals surface area (Å²) in [5.74, 6) is 0.293. The number of furan rings is 1. The van der Waals surface area contributed by atoms with E-state index in [1.54, 1.807) is 24.1 Å². The van der Waals surface area contributed by atoms with Crippen LogP contribution in [0.2, 0.25) is 0 Å². The van der Waals surface area contributed by atoms with Gasteiger partial charge < -0.3 is 14.6 Å². The van der Waals surface area contributed by atoms with Crippen LogP contribution in [0.4, 0.5) is 0 Å². The molecular formula is C12H15BrN2O3. The maximum Gasteiger partial charge on any atom is 0.289 e. The maximum absolute atomic E-state index is 12.1. The van der Waals surface area contributed by atoms with E-state index < -0.39 is 0 Å². The van der Waals surface area contributed by atoms with E-state index in [1.165, 1.54) is 0 Å². The molecular weight excluding hydrogens is 300 g/mol. The van der Waals surface area contributed by atoms with Gasteiger partial charge in [-0.1, -0.05) is 0 Å². The summed E-state index contributed by atoms with van der Waals surface area (Å²) in [5, 5.41) is 2.65. The summed E-state index contributed by atoms with van der Waals surface area (Å²) in [7, 11) is 1.64. The molecule has 0 spiro atoms. The molecule has 0 atom stereocenters. The van der Waals surface area contributed by atoms with Crippen LogP contribution in [0.15, 0.2) is 21.2 Å². The summed E-state index contributed by atoms with van der Waals surface area (Å²) in [6, 6.07) is 3.35. The zero-order chi connectivity index (χ0) is 13.1. The third-order valence-electron chi connectivity index (χ3n) is 3.18. The molecule has 1 fully saturated rings. The molecule has 1 aliphatic rings. The van der Waals surface area contributed by atoms with Crippen LogP contribution in [0.5, 0.6) is 0 Å². The molecule has 98 valence electrons. The highest BCUT2D eigenvalue weighted by molar-refractivity contribution is 9.10. The topological polar surface area (TPSA) is 62.6 Å². The molecule has 1 aromatic rings. The number of hydrogen-bond acceptors (Lipinski definition) is 3. The Balaban J connectivity index is 1.94. The average molecular weight is 315 g/mol. The summed E-state index contributed by atoms with van der Waals surface area (Å²) >= 11 is 3.17. The van der Waals surface area contributed by atoms with Crippen LogP contribution in [-0.4, -0.2) is 36.9 Å². The lowest BCUT2D eigenvalue weighted by Crippen LogP contribution is -2.42. The second kappa shape index (κ2) is 5.56. The van der Waals surface area contributed by atoms with Crippen LogP contribution in [0.3, 0.4) is 0 Å². The molecule has 18 heavy (non-hydrogen) atoms. The molecule has 0 aliphatic carbocycles. The Bertz CT molecular complexity index is 450. The minimum Gasteiger partial charge on any atom is -0.444 e. The van der Waals surface area contributed by atoms with Gasteiger partial charge in [0.25, 0.3) is 5.91 Å². The van der Waals surface area contributed by atoms with E-state index in [0.717, 1.165) is 0 Å². The van der Waals surface area contributed by atoms with Crippen molar-refractivity contribution in [2.45, 2.75) is 12.8 Å². The minimum atomic E-state index is -0.115. The Hall–Kier alpha value is -1.30. The zero-order valence-electron chi connectivity index (χ0n) is 10.1. The van der Waals surface area contributed by atoms with Crippen molar-refractivity contribution < 1.29 is 14.0 Å². The van der Waals surface area contributed by atoms with Crippen LogP contribution < -0.4 is 5.32 Å². The summed E-state index contributed by atoms with van der Waals surface area (Å²) in [6.45, 7) is 1.18. The van der Waals surface area contributed by atoms with E-state index in [9.17, 15) is 9.59 Å². The van der Waals surface area contributed by atoms with E-state index in [1.807, 2.05) is 0 Å². The average Bonchev–Trinajstić information content (AvgIpc) is 2.84. The number of nitrogens with zero attached hydrogens (tertiary/aromatic N) is 1. The highest BCUT2D eigenvalue weighted by Crippen LogP contribution is 2.21. The van der Waals surface area contributed by atoms with Gasteiger partial charge in [0.1, 0.15) is 0 Å². The molecule has 5 nitrogen and oxygen atoms in total. The largest absolute Gasteiger partial charge is 0.444 e. The molecule has 2 amide bonds. The van der Waals surface area contributed by atoms with E-state index >= 15 is 0 Å². The number of piperidine rings is 1.